The van der Waals surface area contributed by atoms with Crippen molar-refractivity contribution in [1.29, 1.82) is 0 Å². The van der Waals surface area contributed by atoms with Crippen molar-refractivity contribution in [2.24, 2.45) is 5.73 Å². The number of hydrogen-bond donors (Lipinski definition) is 1. The van der Waals surface area contributed by atoms with Crippen molar-refractivity contribution >= 4 is 16.9 Å². The normalized spacial score (nSPS) is 14.0. The van der Waals surface area contributed by atoms with Gasteiger partial charge < -0.3 is 10.5 Å². The molecule has 20 heavy (non-hydrogen) atoms. The smallest absolute Gasteiger partial charge is 0.306 e. The lowest BCUT2D eigenvalue weighted by Crippen LogP contribution is -2.27. The van der Waals surface area contributed by atoms with Crippen molar-refractivity contribution in [3.63, 3.8) is 0 Å². The molecule has 0 fully saturated rings. The van der Waals surface area contributed by atoms with Crippen LogP contribution in [0.3, 0.4) is 0 Å². The van der Waals surface area contributed by atoms with Crippen LogP contribution in [-0.2, 0) is 9.53 Å². The second kappa shape index (κ2) is 6.01. The van der Waals surface area contributed by atoms with Gasteiger partial charge in [0.05, 0.1) is 19.0 Å². The molecule has 1 heterocycles. The molecule has 106 valence electrons. The number of carbonyl (C=O) groups excluding carboxylic acids is 1. The lowest BCUT2D eigenvalue weighted by Gasteiger charge is -2.20. The average Bonchev–Trinajstić information content (AvgIpc) is 2.43. The molecular formula is C16H20N2O2. The summed E-state index contributed by atoms with van der Waals surface area (Å²) in [5.41, 5.74) is 9.00. The van der Waals surface area contributed by atoms with E-state index in [2.05, 4.69) is 11.1 Å². The summed E-state index contributed by atoms with van der Waals surface area (Å²) in [7, 11) is 1.40. The predicted molar refractivity (Wildman–Crippen MR) is 79.5 cm³/mol. The zero-order valence-electron chi connectivity index (χ0n) is 12.1. The molecule has 0 radical (unpaired) electrons. The Balaban J connectivity index is 2.38. The molecule has 0 bridgehead atoms. The van der Waals surface area contributed by atoms with Crippen LogP contribution in [0.25, 0.3) is 10.9 Å². The molecule has 4 heteroatoms. The maximum atomic E-state index is 11.5. The van der Waals surface area contributed by atoms with Crippen LogP contribution in [0.5, 0.6) is 0 Å². The van der Waals surface area contributed by atoms with Crippen molar-refractivity contribution < 1.29 is 9.53 Å². The Morgan fingerprint density at radius 1 is 1.35 bits per heavy atom. The first-order valence-corrected chi connectivity index (χ1v) is 6.71. The zero-order valence-corrected chi connectivity index (χ0v) is 12.1. The molecule has 4 nitrogen and oxygen atoms in total. The van der Waals surface area contributed by atoms with Gasteiger partial charge in [0.1, 0.15) is 0 Å². The van der Waals surface area contributed by atoms with Crippen LogP contribution < -0.4 is 5.73 Å². The van der Waals surface area contributed by atoms with Crippen molar-refractivity contribution in [3.8, 4) is 0 Å². The summed E-state index contributed by atoms with van der Waals surface area (Å²) in [5.74, 6) is -0.289. The van der Waals surface area contributed by atoms with E-state index in [4.69, 9.17) is 10.5 Å². The number of rotatable bonds is 4. The Bertz CT molecular complexity index is 623. The Kier molecular flexibility index (Phi) is 4.35. The second-order valence-electron chi connectivity index (χ2n) is 5.15. The maximum Gasteiger partial charge on any atom is 0.306 e. The SMILES string of the molecule is COC(=O)CC(c1ccc2nc(C)ccc2c1)C(C)N. The Morgan fingerprint density at radius 3 is 2.75 bits per heavy atom. The number of carbonyl (C=O) groups is 1. The summed E-state index contributed by atoms with van der Waals surface area (Å²) >= 11 is 0. The summed E-state index contributed by atoms with van der Waals surface area (Å²) < 4.78 is 4.75. The van der Waals surface area contributed by atoms with Crippen LogP contribution in [0.1, 0.15) is 30.5 Å². The van der Waals surface area contributed by atoms with Gasteiger partial charge in [-0.3, -0.25) is 9.78 Å². The summed E-state index contributed by atoms with van der Waals surface area (Å²) in [5, 5.41) is 1.06. The highest BCUT2D eigenvalue weighted by Crippen LogP contribution is 2.26. The molecule has 0 saturated carbocycles. The van der Waals surface area contributed by atoms with Gasteiger partial charge in [-0.1, -0.05) is 12.1 Å². The molecule has 0 aliphatic carbocycles. The fourth-order valence-corrected chi connectivity index (χ4v) is 2.35. The molecule has 2 N–H and O–H groups in total. The molecule has 2 atom stereocenters. The van der Waals surface area contributed by atoms with Gasteiger partial charge in [0.15, 0.2) is 0 Å². The van der Waals surface area contributed by atoms with Crippen LogP contribution in [0.4, 0.5) is 0 Å². The molecule has 2 aromatic rings. The maximum absolute atomic E-state index is 11.5. The highest BCUT2D eigenvalue weighted by Gasteiger charge is 2.20. The Labute approximate surface area is 119 Å². The molecule has 0 amide bonds. The number of aromatic nitrogens is 1. The summed E-state index contributed by atoms with van der Waals surface area (Å²) in [6, 6.07) is 9.92. The number of methoxy groups -OCH3 is 1. The molecule has 0 aliphatic rings. The fraction of sp³-hybridized carbons (Fsp3) is 0.375. The minimum Gasteiger partial charge on any atom is -0.469 e. The minimum atomic E-state index is -0.241. The van der Waals surface area contributed by atoms with Gasteiger partial charge in [-0.05, 0) is 37.6 Å². The van der Waals surface area contributed by atoms with Crippen LogP contribution >= 0.6 is 0 Å². The van der Waals surface area contributed by atoms with E-state index in [9.17, 15) is 4.79 Å². The first-order valence-electron chi connectivity index (χ1n) is 6.71. The number of pyridine rings is 1. The van der Waals surface area contributed by atoms with Crippen LogP contribution in [0.2, 0.25) is 0 Å². The Hall–Kier alpha value is -1.94. The summed E-state index contributed by atoms with van der Waals surface area (Å²) in [4.78, 5) is 16.0. The molecule has 2 rings (SSSR count). The van der Waals surface area contributed by atoms with E-state index in [1.165, 1.54) is 7.11 Å². The second-order valence-corrected chi connectivity index (χ2v) is 5.15. The first-order chi connectivity index (χ1) is 9.51. The average molecular weight is 272 g/mol. The van der Waals surface area contributed by atoms with Crippen LogP contribution in [0.15, 0.2) is 30.3 Å². The van der Waals surface area contributed by atoms with E-state index in [1.807, 2.05) is 38.1 Å². The number of nitrogens with two attached hydrogens (primary N) is 1. The van der Waals surface area contributed by atoms with Crippen LogP contribution in [0, 0.1) is 6.92 Å². The molecular weight excluding hydrogens is 252 g/mol. The zero-order chi connectivity index (χ0) is 14.7. The molecule has 2 unspecified atom stereocenters. The number of hydrogen-bond acceptors (Lipinski definition) is 4. The number of ether oxygens (including phenoxy) is 1. The van der Waals surface area contributed by atoms with Gasteiger partial charge in [0, 0.05) is 23.0 Å². The van der Waals surface area contributed by atoms with E-state index in [0.29, 0.717) is 6.42 Å². The number of aryl methyl sites for hydroxylation is 1. The molecule has 0 spiro atoms. The van der Waals surface area contributed by atoms with Crippen molar-refractivity contribution in [2.75, 3.05) is 7.11 Å². The topological polar surface area (TPSA) is 65.2 Å². The number of nitrogens with zero attached hydrogens (tertiary/aromatic N) is 1. The van der Waals surface area contributed by atoms with Crippen LogP contribution in [-0.4, -0.2) is 24.1 Å². The lowest BCUT2D eigenvalue weighted by molar-refractivity contribution is -0.141. The van der Waals surface area contributed by atoms with Crippen molar-refractivity contribution in [2.45, 2.75) is 32.2 Å². The van der Waals surface area contributed by atoms with E-state index in [1.54, 1.807) is 0 Å². The quantitative estimate of drug-likeness (QED) is 0.869. The van der Waals surface area contributed by atoms with E-state index < -0.39 is 0 Å². The Morgan fingerprint density at radius 2 is 2.10 bits per heavy atom. The lowest BCUT2D eigenvalue weighted by atomic mass is 9.89. The van der Waals surface area contributed by atoms with Gasteiger partial charge in [0.25, 0.3) is 0 Å². The molecule has 0 saturated heterocycles. The monoisotopic (exact) mass is 272 g/mol. The van der Waals surface area contributed by atoms with Gasteiger partial charge in [-0.2, -0.15) is 0 Å². The molecule has 1 aromatic carbocycles. The molecule has 1 aromatic heterocycles. The number of esters is 1. The van der Waals surface area contributed by atoms with E-state index in [-0.39, 0.29) is 17.9 Å². The van der Waals surface area contributed by atoms with E-state index >= 15 is 0 Å². The van der Waals surface area contributed by atoms with Gasteiger partial charge in [-0.15, -0.1) is 0 Å². The summed E-state index contributed by atoms with van der Waals surface area (Å²) in [6.45, 7) is 3.88. The first kappa shape index (κ1) is 14.5. The highest BCUT2D eigenvalue weighted by molar-refractivity contribution is 5.80. The number of benzene rings is 1. The van der Waals surface area contributed by atoms with Crippen molar-refractivity contribution in [3.05, 3.63) is 41.6 Å². The number of fused-ring (bicyclic) bond motifs is 1. The fourth-order valence-electron chi connectivity index (χ4n) is 2.35. The third-order valence-electron chi connectivity index (χ3n) is 3.53. The minimum absolute atomic E-state index is 0.0480. The van der Waals surface area contributed by atoms with Gasteiger partial charge in [0.2, 0.25) is 0 Å². The largest absolute Gasteiger partial charge is 0.469 e. The van der Waals surface area contributed by atoms with Gasteiger partial charge in [-0.25, -0.2) is 0 Å². The van der Waals surface area contributed by atoms with Crippen molar-refractivity contribution in [1.82, 2.24) is 4.98 Å². The highest BCUT2D eigenvalue weighted by atomic mass is 16.5. The molecule has 0 aliphatic heterocycles. The van der Waals surface area contributed by atoms with Gasteiger partial charge >= 0.3 is 5.97 Å². The standard InChI is InChI=1S/C16H20N2O2/c1-10-4-5-13-8-12(6-7-15(13)18-10)14(11(2)17)9-16(19)20-3/h4-8,11,14H,9,17H2,1-3H3. The predicted octanol–water partition coefficient (Wildman–Crippen LogP) is 2.54. The third kappa shape index (κ3) is 3.14. The third-order valence-corrected chi connectivity index (χ3v) is 3.53. The summed E-state index contributed by atoms with van der Waals surface area (Å²) in [6.07, 6.45) is 0.291. The van der Waals surface area contributed by atoms with E-state index in [0.717, 1.165) is 22.2 Å².